The number of hydrogen-bond acceptors (Lipinski definition) is 3. The van der Waals surface area contributed by atoms with Gasteiger partial charge in [0, 0.05) is 5.54 Å². The molecular weight excluding hydrogens is 202 g/mol. The Bertz CT molecular complexity index is 364. The summed E-state index contributed by atoms with van der Waals surface area (Å²) in [7, 11) is 0. The van der Waals surface area contributed by atoms with E-state index in [-0.39, 0.29) is 11.6 Å². The van der Waals surface area contributed by atoms with Crippen molar-refractivity contribution in [2.45, 2.75) is 30.9 Å². The van der Waals surface area contributed by atoms with Gasteiger partial charge >= 0.3 is 0 Å². The standard InChI is InChI=1S/C13H17NO2/c14-13(5-6-13)7-10-1-3-11(4-2-10)12-8-15-9-16-12/h1-4,12H,5-9,14H2. The molecule has 16 heavy (non-hydrogen) atoms. The molecule has 1 atom stereocenters. The molecule has 0 amide bonds. The lowest BCUT2D eigenvalue weighted by molar-refractivity contribution is 0.0466. The van der Waals surface area contributed by atoms with Gasteiger partial charge in [0.15, 0.2) is 0 Å². The first-order valence-corrected chi connectivity index (χ1v) is 5.82. The normalized spacial score (nSPS) is 26.9. The van der Waals surface area contributed by atoms with Crippen LogP contribution in [-0.2, 0) is 15.9 Å². The fourth-order valence-electron chi connectivity index (χ4n) is 2.12. The zero-order valence-corrected chi connectivity index (χ0v) is 9.32. The summed E-state index contributed by atoms with van der Waals surface area (Å²) >= 11 is 0. The summed E-state index contributed by atoms with van der Waals surface area (Å²) in [5.41, 5.74) is 8.71. The van der Waals surface area contributed by atoms with Crippen LogP contribution in [0.2, 0.25) is 0 Å². The van der Waals surface area contributed by atoms with E-state index in [1.165, 1.54) is 11.1 Å². The molecule has 1 aliphatic carbocycles. The summed E-state index contributed by atoms with van der Waals surface area (Å²) in [6.07, 6.45) is 3.43. The van der Waals surface area contributed by atoms with Crippen LogP contribution in [0.1, 0.15) is 30.1 Å². The third kappa shape index (κ3) is 2.12. The molecule has 3 heteroatoms. The molecular formula is C13H17NO2. The van der Waals surface area contributed by atoms with E-state index in [2.05, 4.69) is 24.3 Å². The van der Waals surface area contributed by atoms with Crippen LogP contribution < -0.4 is 5.73 Å². The van der Waals surface area contributed by atoms with Gasteiger partial charge in [-0.1, -0.05) is 24.3 Å². The third-order valence-electron chi connectivity index (χ3n) is 3.42. The first kappa shape index (κ1) is 10.3. The molecule has 0 radical (unpaired) electrons. The second-order valence-corrected chi connectivity index (χ2v) is 4.92. The minimum atomic E-state index is 0.0918. The minimum absolute atomic E-state index is 0.0918. The van der Waals surface area contributed by atoms with Crippen LogP contribution in [0.25, 0.3) is 0 Å². The number of rotatable bonds is 3. The average molecular weight is 219 g/mol. The van der Waals surface area contributed by atoms with E-state index in [9.17, 15) is 0 Å². The summed E-state index contributed by atoms with van der Waals surface area (Å²) in [5, 5.41) is 0. The van der Waals surface area contributed by atoms with Gasteiger partial charge in [-0.2, -0.15) is 0 Å². The number of nitrogens with two attached hydrogens (primary N) is 1. The highest BCUT2D eigenvalue weighted by molar-refractivity contribution is 5.27. The SMILES string of the molecule is NC1(Cc2ccc(C3COCO3)cc2)CC1. The quantitative estimate of drug-likeness (QED) is 0.842. The fourth-order valence-corrected chi connectivity index (χ4v) is 2.12. The molecule has 1 aromatic rings. The Kier molecular flexibility index (Phi) is 2.46. The van der Waals surface area contributed by atoms with Gasteiger partial charge in [0.2, 0.25) is 0 Å². The molecule has 2 aliphatic rings. The van der Waals surface area contributed by atoms with Crippen LogP contribution in [0.3, 0.4) is 0 Å². The van der Waals surface area contributed by atoms with Crippen LogP contribution in [0.5, 0.6) is 0 Å². The largest absolute Gasteiger partial charge is 0.352 e. The molecule has 0 spiro atoms. The molecule has 0 bridgehead atoms. The monoisotopic (exact) mass is 219 g/mol. The average Bonchev–Trinajstić information content (AvgIpc) is 2.83. The summed E-state index contributed by atoms with van der Waals surface area (Å²) in [4.78, 5) is 0. The minimum Gasteiger partial charge on any atom is -0.352 e. The van der Waals surface area contributed by atoms with Gasteiger partial charge in [-0.3, -0.25) is 0 Å². The summed E-state index contributed by atoms with van der Waals surface area (Å²) < 4.78 is 10.6. The van der Waals surface area contributed by atoms with E-state index >= 15 is 0 Å². The zero-order chi connectivity index (χ0) is 11.0. The maximum absolute atomic E-state index is 6.09. The van der Waals surface area contributed by atoms with E-state index < -0.39 is 0 Å². The fraction of sp³-hybridized carbons (Fsp3) is 0.538. The first-order valence-electron chi connectivity index (χ1n) is 5.82. The first-order chi connectivity index (χ1) is 7.75. The van der Waals surface area contributed by atoms with E-state index in [1.807, 2.05) is 0 Å². The second-order valence-electron chi connectivity index (χ2n) is 4.92. The van der Waals surface area contributed by atoms with Gasteiger partial charge in [0.05, 0.1) is 6.61 Å². The highest BCUT2D eigenvalue weighted by Crippen LogP contribution is 2.35. The summed E-state index contributed by atoms with van der Waals surface area (Å²) in [6, 6.07) is 8.56. The molecule has 1 heterocycles. The molecule has 2 N–H and O–H groups in total. The Morgan fingerprint density at radius 2 is 2.00 bits per heavy atom. The molecule has 3 nitrogen and oxygen atoms in total. The van der Waals surface area contributed by atoms with Crippen molar-refractivity contribution < 1.29 is 9.47 Å². The molecule has 1 saturated carbocycles. The molecule has 1 unspecified atom stereocenters. The topological polar surface area (TPSA) is 44.5 Å². The Labute approximate surface area is 95.5 Å². The Balaban J connectivity index is 1.69. The van der Waals surface area contributed by atoms with Crippen molar-refractivity contribution in [1.82, 2.24) is 0 Å². The van der Waals surface area contributed by atoms with Gasteiger partial charge < -0.3 is 15.2 Å². The van der Waals surface area contributed by atoms with E-state index in [1.54, 1.807) is 0 Å². The molecule has 2 fully saturated rings. The highest BCUT2D eigenvalue weighted by atomic mass is 16.7. The van der Waals surface area contributed by atoms with E-state index in [0.29, 0.717) is 13.4 Å². The van der Waals surface area contributed by atoms with Crippen molar-refractivity contribution in [3.05, 3.63) is 35.4 Å². The lowest BCUT2D eigenvalue weighted by Crippen LogP contribution is -2.24. The third-order valence-corrected chi connectivity index (χ3v) is 3.42. The van der Waals surface area contributed by atoms with Gasteiger partial charge in [-0.05, 0) is 30.4 Å². The van der Waals surface area contributed by atoms with Crippen LogP contribution >= 0.6 is 0 Å². The smallest absolute Gasteiger partial charge is 0.147 e. The molecule has 1 aliphatic heterocycles. The predicted molar refractivity (Wildman–Crippen MR) is 60.9 cm³/mol. The van der Waals surface area contributed by atoms with E-state index in [4.69, 9.17) is 15.2 Å². The lowest BCUT2D eigenvalue weighted by atomic mass is 10.0. The van der Waals surface area contributed by atoms with Crippen molar-refractivity contribution in [1.29, 1.82) is 0 Å². The van der Waals surface area contributed by atoms with Crippen LogP contribution in [0, 0.1) is 0 Å². The van der Waals surface area contributed by atoms with Crippen molar-refractivity contribution in [3.8, 4) is 0 Å². The van der Waals surface area contributed by atoms with Crippen molar-refractivity contribution >= 4 is 0 Å². The number of ether oxygens (including phenoxy) is 2. The maximum atomic E-state index is 6.09. The van der Waals surface area contributed by atoms with Gasteiger partial charge in [-0.15, -0.1) is 0 Å². The second kappa shape index (κ2) is 3.84. The highest BCUT2D eigenvalue weighted by Gasteiger charge is 2.37. The number of benzene rings is 1. The molecule has 86 valence electrons. The van der Waals surface area contributed by atoms with Crippen LogP contribution in [0.15, 0.2) is 24.3 Å². The van der Waals surface area contributed by atoms with Crippen molar-refractivity contribution in [3.63, 3.8) is 0 Å². The molecule has 3 rings (SSSR count). The lowest BCUT2D eigenvalue weighted by Gasteiger charge is -2.11. The van der Waals surface area contributed by atoms with Crippen LogP contribution in [-0.4, -0.2) is 18.9 Å². The molecule has 1 aromatic carbocycles. The van der Waals surface area contributed by atoms with Gasteiger partial charge in [0.25, 0.3) is 0 Å². The molecule has 0 aromatic heterocycles. The van der Waals surface area contributed by atoms with Gasteiger partial charge in [0.1, 0.15) is 12.9 Å². The Morgan fingerprint density at radius 3 is 2.56 bits per heavy atom. The van der Waals surface area contributed by atoms with E-state index in [0.717, 1.165) is 19.3 Å². The Hall–Kier alpha value is -0.900. The van der Waals surface area contributed by atoms with Crippen molar-refractivity contribution in [2.75, 3.05) is 13.4 Å². The predicted octanol–water partition coefficient (Wildman–Crippen LogP) is 1.77. The number of hydrogen-bond donors (Lipinski definition) is 1. The zero-order valence-electron chi connectivity index (χ0n) is 9.32. The Morgan fingerprint density at radius 1 is 1.25 bits per heavy atom. The summed E-state index contributed by atoms with van der Waals surface area (Å²) in [6.45, 7) is 1.08. The summed E-state index contributed by atoms with van der Waals surface area (Å²) in [5.74, 6) is 0. The maximum Gasteiger partial charge on any atom is 0.147 e. The van der Waals surface area contributed by atoms with Crippen LogP contribution in [0.4, 0.5) is 0 Å². The molecule has 1 saturated heterocycles. The van der Waals surface area contributed by atoms with Crippen molar-refractivity contribution in [2.24, 2.45) is 5.73 Å². The van der Waals surface area contributed by atoms with Gasteiger partial charge in [-0.25, -0.2) is 0 Å².